The smallest absolute Gasteiger partial charge is 0.347 e. The van der Waals surface area contributed by atoms with Crippen molar-refractivity contribution in [1.82, 2.24) is 9.47 Å². The number of thiazole rings is 1. The molecular weight excluding hydrogens is 256 g/mol. The number of carboxylic acids is 1. The van der Waals surface area contributed by atoms with Crippen LogP contribution in [0.2, 0.25) is 0 Å². The summed E-state index contributed by atoms with van der Waals surface area (Å²) in [5, 5.41) is 8.91. The molecule has 0 saturated carbocycles. The summed E-state index contributed by atoms with van der Waals surface area (Å²) in [4.78, 5) is 35.8. The fourth-order valence-corrected chi connectivity index (χ4v) is 2.89. The van der Waals surface area contributed by atoms with Crippen LogP contribution in [0, 0.1) is 6.92 Å². The number of hydrogen-bond acceptors (Lipinski definition) is 4. The summed E-state index contributed by atoms with van der Waals surface area (Å²) in [5.41, 5.74) is 0.352. The second-order valence-electron chi connectivity index (χ2n) is 4.26. The number of carbonyl (C=O) groups excluding carboxylic acids is 1. The SMILES string of the molecule is Cc1c(C(=O)O)sc(=O)n1CC(=O)N1CCCC1. The van der Waals surface area contributed by atoms with E-state index >= 15 is 0 Å². The van der Waals surface area contributed by atoms with Crippen LogP contribution in [0.3, 0.4) is 0 Å². The van der Waals surface area contributed by atoms with Crippen LogP contribution in [0.5, 0.6) is 0 Å². The molecule has 0 aliphatic carbocycles. The van der Waals surface area contributed by atoms with Crippen LogP contribution >= 0.6 is 11.3 Å². The molecule has 0 aromatic carbocycles. The Morgan fingerprint density at radius 2 is 1.94 bits per heavy atom. The first kappa shape index (κ1) is 12.8. The van der Waals surface area contributed by atoms with E-state index in [-0.39, 0.29) is 17.3 Å². The van der Waals surface area contributed by atoms with Gasteiger partial charge in [-0.2, -0.15) is 0 Å². The van der Waals surface area contributed by atoms with Gasteiger partial charge >= 0.3 is 10.8 Å². The standard InChI is InChI=1S/C11H14N2O4S/c1-7-9(10(15)16)18-11(17)13(7)6-8(14)12-4-2-3-5-12/h2-6H2,1H3,(H,15,16). The van der Waals surface area contributed by atoms with Crippen molar-refractivity contribution in [3.8, 4) is 0 Å². The van der Waals surface area contributed by atoms with E-state index < -0.39 is 10.8 Å². The van der Waals surface area contributed by atoms with Gasteiger partial charge in [0.1, 0.15) is 11.4 Å². The van der Waals surface area contributed by atoms with E-state index in [0.29, 0.717) is 17.0 Å². The van der Waals surface area contributed by atoms with Gasteiger partial charge in [0.2, 0.25) is 5.91 Å². The molecule has 1 amide bonds. The van der Waals surface area contributed by atoms with Gasteiger partial charge in [-0.1, -0.05) is 11.3 Å². The molecule has 98 valence electrons. The average Bonchev–Trinajstić information content (AvgIpc) is 2.92. The first-order valence-corrected chi connectivity index (χ1v) is 6.53. The van der Waals surface area contributed by atoms with Crippen molar-refractivity contribution in [3.05, 3.63) is 20.2 Å². The van der Waals surface area contributed by atoms with Crippen LogP contribution < -0.4 is 4.87 Å². The Morgan fingerprint density at radius 1 is 1.33 bits per heavy atom. The molecule has 0 bridgehead atoms. The van der Waals surface area contributed by atoms with Gasteiger partial charge in [0.15, 0.2) is 0 Å². The van der Waals surface area contributed by atoms with Gasteiger partial charge in [0.25, 0.3) is 0 Å². The third kappa shape index (κ3) is 2.31. The highest BCUT2D eigenvalue weighted by atomic mass is 32.1. The molecule has 0 atom stereocenters. The van der Waals surface area contributed by atoms with Crippen molar-refractivity contribution in [2.45, 2.75) is 26.3 Å². The molecule has 1 aromatic rings. The molecule has 0 spiro atoms. The Morgan fingerprint density at radius 3 is 2.44 bits per heavy atom. The minimum absolute atomic E-state index is 0.00854. The molecule has 1 aliphatic heterocycles. The van der Waals surface area contributed by atoms with Gasteiger partial charge in [-0.15, -0.1) is 0 Å². The Bertz CT molecular complexity index is 540. The maximum absolute atomic E-state index is 11.9. The van der Waals surface area contributed by atoms with Crippen molar-refractivity contribution in [3.63, 3.8) is 0 Å². The number of aromatic nitrogens is 1. The fraction of sp³-hybridized carbons (Fsp3) is 0.545. The van der Waals surface area contributed by atoms with Gasteiger partial charge in [0, 0.05) is 18.8 Å². The van der Waals surface area contributed by atoms with Crippen LogP contribution in [-0.4, -0.2) is 39.5 Å². The highest BCUT2D eigenvalue weighted by Crippen LogP contribution is 2.13. The molecule has 18 heavy (non-hydrogen) atoms. The molecule has 2 rings (SSSR count). The second kappa shape index (κ2) is 4.93. The summed E-state index contributed by atoms with van der Waals surface area (Å²) in [6.45, 7) is 2.94. The monoisotopic (exact) mass is 270 g/mol. The summed E-state index contributed by atoms with van der Waals surface area (Å²) in [7, 11) is 0. The van der Waals surface area contributed by atoms with Crippen LogP contribution in [0.1, 0.15) is 28.2 Å². The molecule has 1 saturated heterocycles. The van der Waals surface area contributed by atoms with E-state index in [0.717, 1.165) is 25.9 Å². The lowest BCUT2D eigenvalue weighted by atomic mass is 10.3. The fourth-order valence-electron chi connectivity index (χ4n) is 2.06. The lowest BCUT2D eigenvalue weighted by Gasteiger charge is -2.15. The minimum atomic E-state index is -1.12. The molecule has 1 fully saturated rings. The van der Waals surface area contributed by atoms with Gasteiger partial charge in [-0.25, -0.2) is 4.79 Å². The van der Waals surface area contributed by atoms with Gasteiger partial charge < -0.3 is 10.0 Å². The maximum atomic E-state index is 11.9. The van der Waals surface area contributed by atoms with Crippen molar-refractivity contribution in [1.29, 1.82) is 0 Å². The topological polar surface area (TPSA) is 79.6 Å². The van der Waals surface area contributed by atoms with E-state index in [1.807, 2.05) is 0 Å². The predicted octanol–water partition coefficient (Wildman–Crippen LogP) is 0.539. The number of carbonyl (C=O) groups is 2. The van der Waals surface area contributed by atoms with Crippen molar-refractivity contribution >= 4 is 23.2 Å². The van der Waals surface area contributed by atoms with E-state index in [9.17, 15) is 14.4 Å². The number of hydrogen-bond donors (Lipinski definition) is 1. The zero-order valence-corrected chi connectivity index (χ0v) is 10.8. The van der Waals surface area contributed by atoms with Crippen LogP contribution in [0.4, 0.5) is 0 Å². The first-order chi connectivity index (χ1) is 8.50. The average molecular weight is 270 g/mol. The van der Waals surface area contributed by atoms with Gasteiger partial charge in [0.05, 0.1) is 0 Å². The second-order valence-corrected chi connectivity index (χ2v) is 5.22. The zero-order chi connectivity index (χ0) is 13.3. The molecular formula is C11H14N2O4S. The van der Waals surface area contributed by atoms with E-state index in [4.69, 9.17) is 5.11 Å². The maximum Gasteiger partial charge on any atom is 0.347 e. The Hall–Kier alpha value is -1.63. The Kier molecular flexibility index (Phi) is 3.51. The summed E-state index contributed by atoms with van der Waals surface area (Å²) < 4.78 is 1.24. The molecule has 2 heterocycles. The molecule has 1 aliphatic rings. The lowest BCUT2D eigenvalue weighted by molar-refractivity contribution is -0.130. The number of carboxylic acid groups (broad SMARTS) is 1. The normalized spacial score (nSPS) is 15.1. The molecule has 7 heteroatoms. The number of nitrogens with zero attached hydrogens (tertiary/aromatic N) is 2. The van der Waals surface area contributed by atoms with Gasteiger partial charge in [-0.05, 0) is 19.8 Å². The third-order valence-electron chi connectivity index (χ3n) is 3.09. The van der Waals surface area contributed by atoms with Crippen molar-refractivity contribution < 1.29 is 14.7 Å². The van der Waals surface area contributed by atoms with Crippen molar-refractivity contribution in [2.24, 2.45) is 0 Å². The van der Waals surface area contributed by atoms with Crippen molar-refractivity contribution in [2.75, 3.05) is 13.1 Å². The molecule has 1 aromatic heterocycles. The van der Waals surface area contributed by atoms with Crippen LogP contribution in [0.15, 0.2) is 4.79 Å². The summed E-state index contributed by atoms with van der Waals surface area (Å²) in [6.07, 6.45) is 1.98. The summed E-state index contributed by atoms with van der Waals surface area (Å²) in [6, 6.07) is 0. The Balaban J connectivity index is 2.21. The molecule has 6 nitrogen and oxygen atoms in total. The zero-order valence-electron chi connectivity index (χ0n) is 10.0. The highest BCUT2D eigenvalue weighted by Gasteiger charge is 2.22. The summed E-state index contributed by atoms with van der Waals surface area (Å²) >= 11 is 0.671. The highest BCUT2D eigenvalue weighted by molar-refractivity contribution is 7.11. The Labute approximate surface area is 107 Å². The predicted molar refractivity (Wildman–Crippen MR) is 66.1 cm³/mol. The summed E-state index contributed by atoms with van der Waals surface area (Å²) in [5.74, 6) is -1.24. The number of aromatic carboxylic acids is 1. The van der Waals surface area contributed by atoms with E-state index in [2.05, 4.69) is 0 Å². The molecule has 1 N–H and O–H groups in total. The first-order valence-electron chi connectivity index (χ1n) is 5.72. The number of likely N-dealkylation sites (tertiary alicyclic amines) is 1. The third-order valence-corrected chi connectivity index (χ3v) is 4.16. The largest absolute Gasteiger partial charge is 0.477 e. The lowest BCUT2D eigenvalue weighted by Crippen LogP contribution is -2.33. The van der Waals surface area contributed by atoms with E-state index in [1.54, 1.807) is 11.8 Å². The minimum Gasteiger partial charge on any atom is -0.477 e. The van der Waals surface area contributed by atoms with Crippen LogP contribution in [0.25, 0.3) is 0 Å². The quantitative estimate of drug-likeness (QED) is 0.869. The van der Waals surface area contributed by atoms with Gasteiger partial charge in [-0.3, -0.25) is 14.2 Å². The number of rotatable bonds is 3. The van der Waals surface area contributed by atoms with Crippen LogP contribution in [-0.2, 0) is 11.3 Å². The molecule has 0 radical (unpaired) electrons. The number of amides is 1. The van der Waals surface area contributed by atoms with E-state index in [1.165, 1.54) is 4.57 Å². The molecule has 0 unspecified atom stereocenters.